The zero-order chi connectivity index (χ0) is 14.2. The summed E-state index contributed by atoms with van der Waals surface area (Å²) >= 11 is 2.91. The fraction of sp³-hybridized carbons (Fsp3) is 0.0625. The van der Waals surface area contributed by atoms with Crippen molar-refractivity contribution in [2.75, 3.05) is 7.11 Å². The van der Waals surface area contributed by atoms with Crippen molar-refractivity contribution in [3.05, 3.63) is 71.0 Å². The van der Waals surface area contributed by atoms with Crippen molar-refractivity contribution in [2.45, 2.75) is 9.79 Å². The van der Waals surface area contributed by atoms with Crippen LogP contribution in [0.5, 0.6) is 0 Å². The average molecular weight is 302 g/mol. The van der Waals surface area contributed by atoms with E-state index in [1.54, 1.807) is 0 Å². The lowest BCUT2D eigenvalue weighted by atomic mass is 10.4. The third-order valence-corrected chi connectivity index (χ3v) is 4.46. The van der Waals surface area contributed by atoms with Crippen LogP contribution in [0.1, 0.15) is 0 Å². The van der Waals surface area contributed by atoms with Gasteiger partial charge in [0.1, 0.15) is 4.91 Å². The molecule has 0 atom stereocenters. The third kappa shape index (κ3) is 4.47. The SMILES string of the molecule is COC(=O)/C(=C\Sc1ccccc1)Sc1ccccc1. The van der Waals surface area contributed by atoms with Gasteiger partial charge in [-0.1, -0.05) is 59.9 Å². The van der Waals surface area contributed by atoms with Gasteiger partial charge >= 0.3 is 5.97 Å². The maximum Gasteiger partial charge on any atom is 0.345 e. The van der Waals surface area contributed by atoms with E-state index in [4.69, 9.17) is 4.74 Å². The molecule has 0 aromatic heterocycles. The molecule has 0 saturated carbocycles. The Morgan fingerprint density at radius 2 is 1.50 bits per heavy atom. The van der Waals surface area contributed by atoms with Crippen molar-refractivity contribution in [1.82, 2.24) is 0 Å². The lowest BCUT2D eigenvalue weighted by Crippen LogP contribution is -2.01. The molecule has 0 heterocycles. The number of thioether (sulfide) groups is 2. The van der Waals surface area contributed by atoms with Crippen molar-refractivity contribution < 1.29 is 9.53 Å². The van der Waals surface area contributed by atoms with Crippen LogP contribution in [0.15, 0.2) is 80.8 Å². The van der Waals surface area contributed by atoms with Crippen LogP contribution in [-0.2, 0) is 9.53 Å². The lowest BCUT2D eigenvalue weighted by molar-refractivity contribution is -0.135. The molecule has 102 valence electrons. The van der Waals surface area contributed by atoms with E-state index in [0.717, 1.165) is 9.79 Å². The smallest absolute Gasteiger partial charge is 0.345 e. The molecule has 2 aromatic carbocycles. The van der Waals surface area contributed by atoms with Crippen molar-refractivity contribution >= 4 is 29.5 Å². The maximum atomic E-state index is 11.8. The van der Waals surface area contributed by atoms with Gasteiger partial charge < -0.3 is 4.74 Å². The van der Waals surface area contributed by atoms with Crippen LogP contribution in [0.3, 0.4) is 0 Å². The number of carbonyl (C=O) groups excluding carboxylic acids is 1. The molecule has 2 nitrogen and oxygen atoms in total. The number of esters is 1. The summed E-state index contributed by atoms with van der Waals surface area (Å²) in [5.74, 6) is -0.317. The van der Waals surface area contributed by atoms with E-state index < -0.39 is 0 Å². The standard InChI is InChI=1S/C16H14O2S2/c1-18-16(17)15(20-14-10-6-3-7-11-14)12-19-13-8-4-2-5-9-13/h2-12H,1H3/b15-12+. The number of carbonyl (C=O) groups is 1. The molecular weight excluding hydrogens is 288 g/mol. The van der Waals surface area contributed by atoms with Gasteiger partial charge in [-0.3, -0.25) is 0 Å². The fourth-order valence-electron chi connectivity index (χ4n) is 1.45. The van der Waals surface area contributed by atoms with Crippen molar-refractivity contribution in [3.63, 3.8) is 0 Å². The molecule has 2 aromatic rings. The average Bonchev–Trinajstić information content (AvgIpc) is 2.52. The van der Waals surface area contributed by atoms with Crippen LogP contribution in [-0.4, -0.2) is 13.1 Å². The quantitative estimate of drug-likeness (QED) is 0.458. The van der Waals surface area contributed by atoms with E-state index in [1.807, 2.05) is 66.1 Å². The minimum absolute atomic E-state index is 0.317. The first-order valence-corrected chi connectivity index (χ1v) is 7.72. The van der Waals surface area contributed by atoms with Gasteiger partial charge in [-0.25, -0.2) is 4.79 Å². The molecule has 0 fully saturated rings. The summed E-state index contributed by atoms with van der Waals surface area (Å²) in [6, 6.07) is 19.7. The van der Waals surface area contributed by atoms with E-state index in [-0.39, 0.29) is 5.97 Å². The first kappa shape index (κ1) is 14.8. The maximum absolute atomic E-state index is 11.8. The summed E-state index contributed by atoms with van der Waals surface area (Å²) in [5, 5.41) is 1.83. The Labute approximate surface area is 127 Å². The topological polar surface area (TPSA) is 26.3 Å². The minimum atomic E-state index is -0.317. The van der Waals surface area contributed by atoms with Crippen LogP contribution in [0.4, 0.5) is 0 Å². The van der Waals surface area contributed by atoms with E-state index in [1.165, 1.54) is 30.6 Å². The number of benzene rings is 2. The molecule has 0 spiro atoms. The molecular formula is C16H14O2S2. The summed E-state index contributed by atoms with van der Waals surface area (Å²) < 4.78 is 4.83. The summed E-state index contributed by atoms with van der Waals surface area (Å²) in [6.45, 7) is 0. The van der Waals surface area contributed by atoms with Crippen LogP contribution < -0.4 is 0 Å². The number of hydrogen-bond acceptors (Lipinski definition) is 4. The van der Waals surface area contributed by atoms with E-state index in [2.05, 4.69) is 0 Å². The Morgan fingerprint density at radius 3 is 2.05 bits per heavy atom. The van der Waals surface area contributed by atoms with Gasteiger partial charge in [0.05, 0.1) is 7.11 Å². The molecule has 0 aliphatic rings. The predicted octanol–water partition coefficient (Wildman–Crippen LogP) is 4.59. The van der Waals surface area contributed by atoms with Crippen molar-refractivity contribution in [2.24, 2.45) is 0 Å². The van der Waals surface area contributed by atoms with E-state index in [9.17, 15) is 4.79 Å². The summed E-state index contributed by atoms with van der Waals surface area (Å²) in [5.41, 5.74) is 0. The monoisotopic (exact) mass is 302 g/mol. The highest BCUT2D eigenvalue weighted by Gasteiger charge is 2.11. The lowest BCUT2D eigenvalue weighted by Gasteiger charge is -2.05. The van der Waals surface area contributed by atoms with Crippen LogP contribution in [0.2, 0.25) is 0 Å². The van der Waals surface area contributed by atoms with Gasteiger partial charge in [-0.15, -0.1) is 0 Å². The molecule has 0 bridgehead atoms. The summed E-state index contributed by atoms with van der Waals surface area (Å²) in [7, 11) is 1.40. The molecule has 0 unspecified atom stereocenters. The Morgan fingerprint density at radius 1 is 0.950 bits per heavy atom. The molecule has 0 aliphatic heterocycles. The van der Waals surface area contributed by atoms with E-state index in [0.29, 0.717) is 4.91 Å². The second-order valence-corrected chi connectivity index (χ2v) is 5.88. The highest BCUT2D eigenvalue weighted by Crippen LogP contribution is 2.31. The van der Waals surface area contributed by atoms with Crippen molar-refractivity contribution in [3.8, 4) is 0 Å². The number of ether oxygens (including phenoxy) is 1. The zero-order valence-electron chi connectivity index (χ0n) is 11.0. The van der Waals surface area contributed by atoms with Crippen LogP contribution in [0.25, 0.3) is 0 Å². The van der Waals surface area contributed by atoms with Gasteiger partial charge in [0.15, 0.2) is 0 Å². The Balaban J connectivity index is 2.13. The van der Waals surface area contributed by atoms with Crippen LogP contribution >= 0.6 is 23.5 Å². The number of rotatable bonds is 5. The van der Waals surface area contributed by atoms with Gasteiger partial charge in [-0.05, 0) is 29.7 Å². The van der Waals surface area contributed by atoms with Gasteiger partial charge in [0, 0.05) is 9.79 Å². The highest BCUT2D eigenvalue weighted by molar-refractivity contribution is 8.06. The number of methoxy groups -OCH3 is 1. The largest absolute Gasteiger partial charge is 0.465 e. The Kier molecular flexibility index (Phi) is 5.77. The Bertz CT molecular complexity index is 580. The molecule has 4 heteroatoms. The molecule has 20 heavy (non-hydrogen) atoms. The number of hydrogen-bond donors (Lipinski definition) is 0. The molecule has 0 aliphatic carbocycles. The van der Waals surface area contributed by atoms with Gasteiger partial charge in [0.2, 0.25) is 0 Å². The first-order valence-electron chi connectivity index (χ1n) is 6.02. The van der Waals surface area contributed by atoms with E-state index >= 15 is 0 Å². The molecule has 0 saturated heterocycles. The van der Waals surface area contributed by atoms with Gasteiger partial charge in [-0.2, -0.15) is 0 Å². The summed E-state index contributed by atoms with van der Waals surface area (Å²) in [4.78, 5) is 14.5. The normalized spacial score (nSPS) is 11.2. The molecule has 0 N–H and O–H groups in total. The summed E-state index contributed by atoms with van der Waals surface area (Å²) in [6.07, 6.45) is 0. The highest BCUT2D eigenvalue weighted by atomic mass is 32.2. The van der Waals surface area contributed by atoms with Gasteiger partial charge in [0.25, 0.3) is 0 Å². The first-order chi connectivity index (χ1) is 9.79. The minimum Gasteiger partial charge on any atom is -0.465 e. The predicted molar refractivity (Wildman–Crippen MR) is 84.7 cm³/mol. The van der Waals surface area contributed by atoms with Crippen molar-refractivity contribution in [1.29, 1.82) is 0 Å². The zero-order valence-corrected chi connectivity index (χ0v) is 12.6. The van der Waals surface area contributed by atoms with Crippen LogP contribution in [0, 0.1) is 0 Å². The molecule has 0 radical (unpaired) electrons. The second kappa shape index (κ2) is 7.82. The fourth-order valence-corrected chi connectivity index (χ4v) is 3.15. The molecule has 2 rings (SSSR count). The second-order valence-electron chi connectivity index (χ2n) is 3.82. The third-order valence-electron chi connectivity index (χ3n) is 2.40. The Hall–Kier alpha value is -1.65. The molecule has 0 amide bonds.